The van der Waals surface area contributed by atoms with Gasteiger partial charge in [0.2, 0.25) is 5.91 Å². The molecule has 0 aliphatic heterocycles. The van der Waals surface area contributed by atoms with Gasteiger partial charge in [-0.05, 0) is 24.3 Å². The lowest BCUT2D eigenvalue weighted by molar-refractivity contribution is -0.113. The summed E-state index contributed by atoms with van der Waals surface area (Å²) in [5, 5.41) is 3.54. The predicted octanol–water partition coefficient (Wildman–Crippen LogP) is 3.38. The Morgan fingerprint density at radius 2 is 1.92 bits per heavy atom. The molecule has 0 radical (unpaired) electrons. The monoisotopic (exact) mass is 355 g/mol. The lowest BCUT2D eigenvalue weighted by Crippen LogP contribution is -2.14. The lowest BCUT2D eigenvalue weighted by Gasteiger charge is -2.11. The first kappa shape index (κ1) is 17.0. The molecule has 0 aliphatic rings. The number of nitrogens with zero attached hydrogens (tertiary/aromatic N) is 2. The van der Waals surface area contributed by atoms with E-state index in [0.717, 1.165) is 11.0 Å². The van der Waals surface area contributed by atoms with Crippen LogP contribution < -0.4 is 14.8 Å². The number of aromatic nitrogens is 2. The molecule has 0 atom stereocenters. The van der Waals surface area contributed by atoms with Crippen LogP contribution in [0.4, 0.5) is 5.69 Å². The molecule has 128 valence electrons. The van der Waals surface area contributed by atoms with Gasteiger partial charge in [0.25, 0.3) is 0 Å². The number of benzene rings is 2. The van der Waals surface area contributed by atoms with E-state index in [-0.39, 0.29) is 11.7 Å². The normalized spacial score (nSPS) is 10.5. The SMILES string of the molecule is COc1ccc(NC(=O)CSc2cnc3ccccc3n2)c(OC)c1. The fourth-order valence-electron chi connectivity index (χ4n) is 2.24. The third-order valence-electron chi connectivity index (χ3n) is 3.46. The van der Waals surface area contributed by atoms with Crippen LogP contribution in [0, 0.1) is 0 Å². The molecule has 6 nitrogen and oxygen atoms in total. The maximum absolute atomic E-state index is 12.2. The highest BCUT2D eigenvalue weighted by Crippen LogP contribution is 2.29. The quantitative estimate of drug-likeness (QED) is 0.684. The van der Waals surface area contributed by atoms with Crippen LogP contribution in [-0.4, -0.2) is 35.8 Å². The van der Waals surface area contributed by atoms with Gasteiger partial charge in [-0.3, -0.25) is 9.78 Å². The molecule has 0 saturated heterocycles. The first-order valence-electron chi connectivity index (χ1n) is 7.56. The molecule has 1 N–H and O–H groups in total. The van der Waals surface area contributed by atoms with E-state index in [4.69, 9.17) is 9.47 Å². The van der Waals surface area contributed by atoms with E-state index in [2.05, 4.69) is 15.3 Å². The standard InChI is InChI=1S/C18H17N3O3S/c1-23-12-7-8-15(16(9-12)24-2)20-17(22)11-25-18-10-19-13-5-3-4-6-14(13)21-18/h3-10H,11H2,1-2H3,(H,20,22). The van der Waals surface area contributed by atoms with Crippen molar-refractivity contribution in [3.8, 4) is 11.5 Å². The molecule has 1 amide bonds. The third kappa shape index (κ3) is 4.19. The number of carbonyl (C=O) groups is 1. The summed E-state index contributed by atoms with van der Waals surface area (Å²) in [4.78, 5) is 21.0. The molecule has 3 aromatic rings. The lowest BCUT2D eigenvalue weighted by atomic mass is 10.2. The second-order valence-corrected chi connectivity index (χ2v) is 6.10. The summed E-state index contributed by atoms with van der Waals surface area (Å²) in [5.74, 6) is 1.28. The van der Waals surface area contributed by atoms with Gasteiger partial charge in [0.1, 0.15) is 16.5 Å². The molecule has 0 aliphatic carbocycles. The predicted molar refractivity (Wildman–Crippen MR) is 98.4 cm³/mol. The Hall–Kier alpha value is -2.80. The largest absolute Gasteiger partial charge is 0.497 e. The summed E-state index contributed by atoms with van der Waals surface area (Å²) < 4.78 is 10.4. The van der Waals surface area contributed by atoms with Crippen molar-refractivity contribution in [2.75, 3.05) is 25.3 Å². The number of nitrogens with one attached hydrogen (secondary N) is 1. The van der Waals surface area contributed by atoms with Crippen LogP contribution in [0.1, 0.15) is 0 Å². The molecule has 0 saturated carbocycles. The molecule has 0 spiro atoms. The molecule has 0 bridgehead atoms. The number of hydrogen-bond acceptors (Lipinski definition) is 6. The van der Waals surface area contributed by atoms with Crippen molar-refractivity contribution in [1.29, 1.82) is 0 Å². The second-order valence-electron chi connectivity index (χ2n) is 5.10. The number of para-hydroxylation sites is 2. The molecular formula is C18H17N3O3S. The van der Waals surface area contributed by atoms with Crippen molar-refractivity contribution < 1.29 is 14.3 Å². The van der Waals surface area contributed by atoms with E-state index in [9.17, 15) is 4.79 Å². The fourth-order valence-corrected chi connectivity index (χ4v) is 2.88. The minimum absolute atomic E-state index is 0.150. The average molecular weight is 355 g/mol. The molecule has 1 aromatic heterocycles. The smallest absolute Gasteiger partial charge is 0.234 e. The number of ether oxygens (including phenoxy) is 2. The number of fused-ring (bicyclic) bond motifs is 1. The maximum Gasteiger partial charge on any atom is 0.234 e. The summed E-state index contributed by atoms with van der Waals surface area (Å²) in [6.07, 6.45) is 1.67. The Morgan fingerprint density at radius 3 is 2.68 bits per heavy atom. The van der Waals surface area contributed by atoms with Crippen LogP contribution in [0.25, 0.3) is 11.0 Å². The molecule has 0 fully saturated rings. The van der Waals surface area contributed by atoms with Gasteiger partial charge >= 0.3 is 0 Å². The number of rotatable bonds is 6. The molecule has 1 heterocycles. The van der Waals surface area contributed by atoms with Gasteiger partial charge in [0.15, 0.2) is 0 Å². The highest BCUT2D eigenvalue weighted by molar-refractivity contribution is 7.99. The molecule has 25 heavy (non-hydrogen) atoms. The molecule has 0 unspecified atom stereocenters. The number of methoxy groups -OCH3 is 2. The fraction of sp³-hybridized carbons (Fsp3) is 0.167. The van der Waals surface area contributed by atoms with Crippen LogP contribution in [0.15, 0.2) is 53.7 Å². The highest BCUT2D eigenvalue weighted by atomic mass is 32.2. The molecule has 3 rings (SSSR count). The van der Waals surface area contributed by atoms with Crippen molar-refractivity contribution >= 4 is 34.4 Å². The van der Waals surface area contributed by atoms with Gasteiger partial charge in [-0.2, -0.15) is 0 Å². The Morgan fingerprint density at radius 1 is 1.12 bits per heavy atom. The molecular weight excluding hydrogens is 338 g/mol. The topological polar surface area (TPSA) is 73.3 Å². The van der Waals surface area contributed by atoms with Crippen LogP contribution in [-0.2, 0) is 4.79 Å². The number of anilines is 1. The second kappa shape index (κ2) is 7.85. The van der Waals surface area contributed by atoms with Crippen LogP contribution in [0.2, 0.25) is 0 Å². The van der Waals surface area contributed by atoms with Crippen molar-refractivity contribution in [3.63, 3.8) is 0 Å². The van der Waals surface area contributed by atoms with Crippen molar-refractivity contribution in [2.24, 2.45) is 0 Å². The van der Waals surface area contributed by atoms with E-state index in [0.29, 0.717) is 22.2 Å². The van der Waals surface area contributed by atoms with Gasteiger partial charge in [0, 0.05) is 6.07 Å². The zero-order valence-electron chi connectivity index (χ0n) is 13.9. The third-order valence-corrected chi connectivity index (χ3v) is 4.36. The summed E-state index contributed by atoms with van der Waals surface area (Å²) >= 11 is 1.33. The number of carbonyl (C=O) groups excluding carboxylic acids is 1. The van der Waals surface area contributed by atoms with E-state index >= 15 is 0 Å². The maximum atomic E-state index is 12.2. The zero-order chi connectivity index (χ0) is 17.6. The van der Waals surface area contributed by atoms with E-state index in [1.807, 2.05) is 24.3 Å². The Kier molecular flexibility index (Phi) is 5.35. The number of amides is 1. The molecule has 7 heteroatoms. The van der Waals surface area contributed by atoms with Crippen molar-refractivity contribution in [2.45, 2.75) is 5.03 Å². The number of hydrogen-bond donors (Lipinski definition) is 1. The van der Waals surface area contributed by atoms with Crippen LogP contribution in [0.3, 0.4) is 0 Å². The van der Waals surface area contributed by atoms with Gasteiger partial charge in [-0.1, -0.05) is 23.9 Å². The van der Waals surface area contributed by atoms with E-state index in [1.165, 1.54) is 11.8 Å². The Balaban J connectivity index is 1.64. The minimum Gasteiger partial charge on any atom is -0.497 e. The summed E-state index contributed by atoms with van der Waals surface area (Å²) in [6, 6.07) is 12.9. The Labute approximate surface area is 149 Å². The van der Waals surface area contributed by atoms with Crippen LogP contribution >= 0.6 is 11.8 Å². The number of thioether (sulfide) groups is 1. The summed E-state index contributed by atoms with van der Waals surface area (Å²) in [7, 11) is 3.12. The first-order chi connectivity index (χ1) is 12.2. The minimum atomic E-state index is -0.150. The van der Waals surface area contributed by atoms with Crippen molar-refractivity contribution in [1.82, 2.24) is 9.97 Å². The van der Waals surface area contributed by atoms with Gasteiger partial charge in [0.05, 0.1) is 42.9 Å². The molecule has 2 aromatic carbocycles. The van der Waals surface area contributed by atoms with Crippen LogP contribution in [0.5, 0.6) is 11.5 Å². The average Bonchev–Trinajstić information content (AvgIpc) is 2.66. The van der Waals surface area contributed by atoms with Gasteiger partial charge in [-0.15, -0.1) is 0 Å². The zero-order valence-corrected chi connectivity index (χ0v) is 14.7. The van der Waals surface area contributed by atoms with Gasteiger partial charge in [-0.25, -0.2) is 4.98 Å². The van der Waals surface area contributed by atoms with E-state index < -0.39 is 0 Å². The van der Waals surface area contributed by atoms with E-state index in [1.54, 1.807) is 38.6 Å². The van der Waals surface area contributed by atoms with Crippen molar-refractivity contribution in [3.05, 3.63) is 48.7 Å². The Bertz CT molecular complexity index is 902. The summed E-state index contributed by atoms with van der Waals surface area (Å²) in [5.41, 5.74) is 2.24. The highest BCUT2D eigenvalue weighted by Gasteiger charge is 2.10. The van der Waals surface area contributed by atoms with Gasteiger partial charge < -0.3 is 14.8 Å². The first-order valence-corrected chi connectivity index (χ1v) is 8.54. The summed E-state index contributed by atoms with van der Waals surface area (Å²) in [6.45, 7) is 0.